The first-order chi connectivity index (χ1) is 12.9. The predicted octanol–water partition coefficient (Wildman–Crippen LogP) is 3.73. The van der Waals surface area contributed by atoms with Crippen LogP contribution in [0.15, 0.2) is 54.6 Å². The number of aromatic nitrogens is 1. The summed E-state index contributed by atoms with van der Waals surface area (Å²) in [5.74, 6) is -1.02. The molecule has 0 aliphatic carbocycles. The molecule has 3 rings (SSSR count). The number of thiazole rings is 1. The lowest BCUT2D eigenvalue weighted by atomic mass is 9.78. The molecule has 0 saturated heterocycles. The molecule has 6 heteroatoms. The topological polar surface area (TPSA) is 70.5 Å². The van der Waals surface area contributed by atoms with Gasteiger partial charge in [-0.3, -0.25) is 9.59 Å². The molecule has 0 radical (unpaired) electrons. The minimum atomic E-state index is -0.915. The Morgan fingerprint density at radius 2 is 1.78 bits per heavy atom. The standard InChI is InChI=1S/C21H22N2O3S/c1-21(15-8-4-3-5-9-15,20(26)23(2)13-12-19(24)25)14-18-22-16-10-6-7-11-17(16)27-18/h3-11H,12-14H2,1-2H3,(H,24,25). The molecule has 5 nitrogen and oxygen atoms in total. The number of likely N-dealkylation sites (N-methyl/N-ethyl adjacent to an activating group) is 1. The van der Waals surface area contributed by atoms with Gasteiger partial charge in [-0.15, -0.1) is 11.3 Å². The first-order valence-electron chi connectivity index (χ1n) is 8.77. The van der Waals surface area contributed by atoms with E-state index in [1.54, 1.807) is 18.4 Å². The summed E-state index contributed by atoms with van der Waals surface area (Å²) in [5, 5.41) is 9.82. The van der Waals surface area contributed by atoms with Crippen LogP contribution in [0.4, 0.5) is 0 Å². The Hall–Kier alpha value is -2.73. The zero-order valence-corrected chi connectivity index (χ0v) is 16.2. The quantitative estimate of drug-likeness (QED) is 0.676. The van der Waals surface area contributed by atoms with Crippen LogP contribution in [0.5, 0.6) is 0 Å². The summed E-state index contributed by atoms with van der Waals surface area (Å²) in [6.45, 7) is 2.09. The van der Waals surface area contributed by atoms with Crippen molar-refractivity contribution >= 4 is 33.4 Å². The van der Waals surface area contributed by atoms with Crippen LogP contribution in [0.25, 0.3) is 10.2 Å². The van der Waals surface area contributed by atoms with Crippen LogP contribution in [0.2, 0.25) is 0 Å². The summed E-state index contributed by atoms with van der Waals surface area (Å²) < 4.78 is 1.09. The number of carbonyl (C=O) groups is 2. The third kappa shape index (κ3) is 4.17. The molecule has 1 amide bonds. The predicted molar refractivity (Wildman–Crippen MR) is 107 cm³/mol. The highest BCUT2D eigenvalue weighted by Gasteiger charge is 2.38. The molecule has 0 bridgehead atoms. The van der Waals surface area contributed by atoms with Gasteiger partial charge in [0.2, 0.25) is 5.91 Å². The second-order valence-corrected chi connectivity index (χ2v) is 7.94. The van der Waals surface area contributed by atoms with Crippen molar-refractivity contribution in [3.63, 3.8) is 0 Å². The summed E-state index contributed by atoms with van der Waals surface area (Å²) in [6, 6.07) is 17.5. The Kier molecular flexibility index (Phi) is 5.56. The molecule has 140 valence electrons. The van der Waals surface area contributed by atoms with Crippen LogP contribution in [0, 0.1) is 0 Å². The van der Waals surface area contributed by atoms with Gasteiger partial charge in [0.05, 0.1) is 27.1 Å². The molecule has 0 aliphatic heterocycles. The molecule has 1 unspecified atom stereocenters. The number of rotatable bonds is 7. The number of carbonyl (C=O) groups excluding carboxylic acids is 1. The minimum Gasteiger partial charge on any atom is -0.481 e. The Balaban J connectivity index is 1.94. The fourth-order valence-corrected chi connectivity index (χ4v) is 4.31. The maximum atomic E-state index is 13.3. The number of carboxylic acid groups (broad SMARTS) is 1. The van der Waals surface area contributed by atoms with Gasteiger partial charge in [-0.1, -0.05) is 42.5 Å². The van der Waals surface area contributed by atoms with Crippen LogP contribution in [0.3, 0.4) is 0 Å². The fraction of sp³-hybridized carbons (Fsp3) is 0.286. The number of benzene rings is 2. The Bertz CT molecular complexity index is 921. The fourth-order valence-electron chi connectivity index (χ4n) is 3.19. The van der Waals surface area contributed by atoms with Gasteiger partial charge >= 0.3 is 5.97 Å². The van der Waals surface area contributed by atoms with Gasteiger partial charge in [-0.05, 0) is 24.6 Å². The first-order valence-corrected chi connectivity index (χ1v) is 9.59. The Morgan fingerprint density at radius 3 is 2.44 bits per heavy atom. The number of aliphatic carboxylic acids is 1. The van der Waals surface area contributed by atoms with Gasteiger partial charge in [-0.2, -0.15) is 0 Å². The molecule has 27 heavy (non-hydrogen) atoms. The highest BCUT2D eigenvalue weighted by Crippen LogP contribution is 2.33. The number of amides is 1. The average Bonchev–Trinajstić information content (AvgIpc) is 3.08. The van der Waals surface area contributed by atoms with E-state index in [0.29, 0.717) is 6.42 Å². The number of para-hydroxylation sites is 1. The zero-order chi connectivity index (χ0) is 19.4. The smallest absolute Gasteiger partial charge is 0.305 e. The number of hydrogen-bond acceptors (Lipinski definition) is 4. The maximum Gasteiger partial charge on any atom is 0.305 e. The third-order valence-electron chi connectivity index (χ3n) is 4.73. The van der Waals surface area contributed by atoms with Crippen molar-refractivity contribution < 1.29 is 14.7 Å². The first kappa shape index (κ1) is 19.0. The Labute approximate surface area is 162 Å². The molecular weight excluding hydrogens is 360 g/mol. The Morgan fingerprint density at radius 1 is 1.11 bits per heavy atom. The minimum absolute atomic E-state index is 0.0752. The monoisotopic (exact) mass is 382 g/mol. The molecule has 2 aromatic carbocycles. The SMILES string of the molecule is CN(CCC(=O)O)C(=O)C(C)(Cc1nc2ccccc2s1)c1ccccc1. The van der Waals surface area contributed by atoms with E-state index < -0.39 is 11.4 Å². The second kappa shape index (κ2) is 7.88. The van der Waals surface area contributed by atoms with Crippen molar-refractivity contribution in [2.75, 3.05) is 13.6 Å². The largest absolute Gasteiger partial charge is 0.481 e. The second-order valence-electron chi connectivity index (χ2n) is 6.82. The van der Waals surface area contributed by atoms with Gasteiger partial charge in [0, 0.05) is 20.0 Å². The van der Waals surface area contributed by atoms with Crippen molar-refractivity contribution in [3.05, 3.63) is 65.2 Å². The zero-order valence-electron chi connectivity index (χ0n) is 15.4. The summed E-state index contributed by atoms with van der Waals surface area (Å²) in [6.07, 6.45) is 0.390. The summed E-state index contributed by atoms with van der Waals surface area (Å²) in [7, 11) is 1.66. The number of carboxylic acids is 1. The van der Waals surface area contributed by atoms with E-state index in [0.717, 1.165) is 20.8 Å². The number of nitrogens with zero attached hydrogens (tertiary/aromatic N) is 2. The van der Waals surface area contributed by atoms with E-state index in [9.17, 15) is 9.59 Å². The van der Waals surface area contributed by atoms with E-state index in [1.165, 1.54) is 4.90 Å². The van der Waals surface area contributed by atoms with E-state index in [1.807, 2.05) is 61.5 Å². The van der Waals surface area contributed by atoms with Crippen molar-refractivity contribution in [1.82, 2.24) is 9.88 Å². The van der Waals surface area contributed by atoms with Gasteiger partial charge in [0.15, 0.2) is 0 Å². The summed E-state index contributed by atoms with van der Waals surface area (Å²) in [4.78, 5) is 30.4. The van der Waals surface area contributed by atoms with Gasteiger partial charge in [-0.25, -0.2) is 4.98 Å². The number of fused-ring (bicyclic) bond motifs is 1. The molecule has 0 spiro atoms. The molecule has 1 heterocycles. The summed E-state index contributed by atoms with van der Waals surface area (Å²) in [5.41, 5.74) is 1.01. The maximum absolute atomic E-state index is 13.3. The molecule has 1 atom stereocenters. The van der Waals surface area contributed by atoms with Crippen molar-refractivity contribution in [2.24, 2.45) is 0 Å². The van der Waals surface area contributed by atoms with Gasteiger partial charge in [0.1, 0.15) is 0 Å². The highest BCUT2D eigenvalue weighted by atomic mass is 32.1. The lowest BCUT2D eigenvalue weighted by Crippen LogP contribution is -2.45. The van der Waals surface area contributed by atoms with Crippen molar-refractivity contribution in [1.29, 1.82) is 0 Å². The van der Waals surface area contributed by atoms with E-state index in [-0.39, 0.29) is 18.9 Å². The molecule has 1 aromatic heterocycles. The lowest BCUT2D eigenvalue weighted by Gasteiger charge is -2.32. The summed E-state index contributed by atoms with van der Waals surface area (Å²) >= 11 is 1.59. The third-order valence-corrected chi connectivity index (χ3v) is 5.77. The van der Waals surface area contributed by atoms with Crippen LogP contribution in [0.1, 0.15) is 23.9 Å². The van der Waals surface area contributed by atoms with E-state index in [4.69, 9.17) is 10.1 Å². The molecule has 0 saturated carbocycles. The van der Waals surface area contributed by atoms with Crippen molar-refractivity contribution in [2.45, 2.75) is 25.2 Å². The van der Waals surface area contributed by atoms with Gasteiger partial charge < -0.3 is 10.0 Å². The van der Waals surface area contributed by atoms with Crippen LogP contribution >= 0.6 is 11.3 Å². The average molecular weight is 382 g/mol. The highest BCUT2D eigenvalue weighted by molar-refractivity contribution is 7.18. The van der Waals surface area contributed by atoms with E-state index in [2.05, 4.69) is 0 Å². The van der Waals surface area contributed by atoms with Crippen LogP contribution in [-0.4, -0.2) is 40.5 Å². The van der Waals surface area contributed by atoms with Crippen molar-refractivity contribution in [3.8, 4) is 0 Å². The molecular formula is C21H22N2O3S. The molecule has 1 N–H and O–H groups in total. The van der Waals surface area contributed by atoms with Crippen LogP contribution < -0.4 is 0 Å². The van der Waals surface area contributed by atoms with Gasteiger partial charge in [0.25, 0.3) is 0 Å². The van der Waals surface area contributed by atoms with Crippen LogP contribution in [-0.2, 0) is 21.4 Å². The molecule has 0 fully saturated rings. The lowest BCUT2D eigenvalue weighted by molar-refractivity contribution is -0.139. The normalized spacial score (nSPS) is 13.3. The molecule has 0 aliphatic rings. The van der Waals surface area contributed by atoms with E-state index >= 15 is 0 Å². The number of hydrogen-bond donors (Lipinski definition) is 1. The molecule has 3 aromatic rings.